The van der Waals surface area contributed by atoms with Crippen molar-refractivity contribution in [3.8, 4) is 0 Å². The predicted octanol–water partition coefficient (Wildman–Crippen LogP) is 3.74. The van der Waals surface area contributed by atoms with Crippen molar-refractivity contribution in [2.24, 2.45) is 0 Å². The van der Waals surface area contributed by atoms with E-state index in [4.69, 9.17) is 0 Å². The lowest BCUT2D eigenvalue weighted by Gasteiger charge is -2.09. The molecule has 2 aromatic rings. The number of benzene rings is 1. The Labute approximate surface area is 137 Å². The minimum atomic E-state index is -3.37. The number of aromatic nitrogens is 1. The first-order valence-electron chi connectivity index (χ1n) is 6.92. The topological polar surface area (TPSA) is 47.0 Å². The van der Waals surface area contributed by atoms with Crippen molar-refractivity contribution in [1.29, 1.82) is 0 Å². The van der Waals surface area contributed by atoms with Crippen molar-refractivity contribution in [3.63, 3.8) is 0 Å². The molecule has 0 bridgehead atoms. The molecule has 3 rings (SSSR count). The van der Waals surface area contributed by atoms with E-state index in [1.54, 1.807) is 0 Å². The molecule has 1 heterocycles. The van der Waals surface area contributed by atoms with Crippen LogP contribution in [0, 0.1) is 5.82 Å². The van der Waals surface area contributed by atoms with Gasteiger partial charge in [-0.3, -0.25) is 4.98 Å². The summed E-state index contributed by atoms with van der Waals surface area (Å²) in [7, 11) is -3.37. The molecule has 0 fully saturated rings. The van der Waals surface area contributed by atoms with Gasteiger partial charge in [-0.05, 0) is 47.6 Å². The van der Waals surface area contributed by atoms with E-state index in [9.17, 15) is 21.6 Å². The third kappa shape index (κ3) is 3.26. The van der Waals surface area contributed by atoms with Gasteiger partial charge in [0.1, 0.15) is 5.82 Å². The fraction of sp³-hybridized carbons (Fsp3) is 0.118. The van der Waals surface area contributed by atoms with Crippen LogP contribution in [0.1, 0.15) is 11.3 Å². The second-order valence-electron chi connectivity index (χ2n) is 5.45. The SMILES string of the molecule is CS(=O)(=O)c1ccc(C2=CC(F)(F)C=C2c2ccc(F)cn2)cc1. The first kappa shape index (κ1) is 16.4. The molecule has 0 saturated carbocycles. The second-order valence-corrected chi connectivity index (χ2v) is 7.46. The van der Waals surface area contributed by atoms with E-state index >= 15 is 0 Å². The molecule has 1 aliphatic carbocycles. The van der Waals surface area contributed by atoms with Gasteiger partial charge in [0.15, 0.2) is 9.84 Å². The monoisotopic (exact) mass is 351 g/mol. The standard InChI is InChI=1S/C17H12F3NO2S/c1-24(22,23)13-5-2-11(3-6-13)14-8-17(19,20)9-15(14)16-7-4-12(18)10-21-16/h2-10H,1H3. The lowest BCUT2D eigenvalue weighted by molar-refractivity contribution is 0.115. The highest BCUT2D eigenvalue weighted by Gasteiger charge is 2.33. The summed E-state index contributed by atoms with van der Waals surface area (Å²) < 4.78 is 63.6. The first-order valence-corrected chi connectivity index (χ1v) is 8.81. The van der Waals surface area contributed by atoms with Crippen molar-refractivity contribution in [1.82, 2.24) is 4.98 Å². The highest BCUT2D eigenvalue weighted by atomic mass is 32.2. The summed E-state index contributed by atoms with van der Waals surface area (Å²) in [6, 6.07) is 8.10. The van der Waals surface area contributed by atoms with E-state index in [-0.39, 0.29) is 21.7 Å². The Balaban J connectivity index is 2.05. The number of pyridine rings is 1. The van der Waals surface area contributed by atoms with Crippen LogP contribution in [0.3, 0.4) is 0 Å². The van der Waals surface area contributed by atoms with Crippen LogP contribution < -0.4 is 0 Å². The summed E-state index contributed by atoms with van der Waals surface area (Å²) in [6.07, 6.45) is 3.56. The molecular weight excluding hydrogens is 339 g/mol. The van der Waals surface area contributed by atoms with Crippen LogP contribution in [0.2, 0.25) is 0 Å². The summed E-state index contributed by atoms with van der Waals surface area (Å²) in [5.74, 6) is -3.72. The maximum Gasteiger partial charge on any atom is 0.286 e. The fourth-order valence-electron chi connectivity index (χ4n) is 2.45. The minimum Gasteiger partial charge on any atom is -0.253 e. The van der Waals surface area contributed by atoms with E-state index in [1.807, 2.05) is 0 Å². The molecule has 0 aliphatic heterocycles. The van der Waals surface area contributed by atoms with Crippen molar-refractivity contribution >= 4 is 21.0 Å². The summed E-state index contributed by atoms with van der Waals surface area (Å²) in [4.78, 5) is 3.94. The quantitative estimate of drug-likeness (QED) is 0.846. The number of alkyl halides is 2. The Hall–Kier alpha value is -2.41. The van der Waals surface area contributed by atoms with Gasteiger partial charge in [0, 0.05) is 11.8 Å². The minimum absolute atomic E-state index is 0.0991. The maximum atomic E-state index is 13.8. The van der Waals surface area contributed by atoms with Gasteiger partial charge in [-0.15, -0.1) is 0 Å². The third-order valence-electron chi connectivity index (χ3n) is 3.56. The van der Waals surface area contributed by atoms with Crippen molar-refractivity contribution < 1.29 is 21.6 Å². The van der Waals surface area contributed by atoms with Gasteiger partial charge in [-0.2, -0.15) is 8.78 Å². The van der Waals surface area contributed by atoms with Gasteiger partial charge >= 0.3 is 0 Å². The van der Waals surface area contributed by atoms with E-state index in [1.165, 1.54) is 30.3 Å². The Bertz CT molecular complexity index is 944. The van der Waals surface area contributed by atoms with E-state index in [2.05, 4.69) is 4.98 Å². The number of halogens is 3. The molecule has 1 aromatic heterocycles. The van der Waals surface area contributed by atoms with Crippen LogP contribution >= 0.6 is 0 Å². The number of hydrogen-bond acceptors (Lipinski definition) is 3. The molecule has 0 atom stereocenters. The van der Waals surface area contributed by atoms with Gasteiger partial charge in [-0.1, -0.05) is 12.1 Å². The smallest absolute Gasteiger partial charge is 0.253 e. The lowest BCUT2D eigenvalue weighted by atomic mass is 9.98. The van der Waals surface area contributed by atoms with Crippen molar-refractivity contribution in [2.45, 2.75) is 10.8 Å². The molecule has 0 N–H and O–H groups in total. The van der Waals surface area contributed by atoms with Gasteiger partial charge in [0.05, 0.1) is 16.8 Å². The van der Waals surface area contributed by atoms with E-state index in [0.29, 0.717) is 5.56 Å². The first-order chi connectivity index (χ1) is 11.2. The molecule has 3 nitrogen and oxygen atoms in total. The molecule has 7 heteroatoms. The van der Waals surface area contributed by atoms with Crippen molar-refractivity contribution in [3.05, 3.63) is 71.8 Å². The normalized spacial score (nSPS) is 16.7. The Morgan fingerprint density at radius 1 is 0.958 bits per heavy atom. The van der Waals surface area contributed by atoms with Gasteiger partial charge in [0.2, 0.25) is 0 Å². The zero-order valence-electron chi connectivity index (χ0n) is 12.5. The van der Waals surface area contributed by atoms with Gasteiger partial charge < -0.3 is 0 Å². The van der Waals surface area contributed by atoms with Crippen LogP contribution in [-0.2, 0) is 9.84 Å². The third-order valence-corrected chi connectivity index (χ3v) is 4.69. The van der Waals surface area contributed by atoms with Crippen LogP contribution in [0.15, 0.2) is 59.6 Å². The molecule has 0 amide bonds. The largest absolute Gasteiger partial charge is 0.286 e. The lowest BCUT2D eigenvalue weighted by Crippen LogP contribution is -2.03. The average Bonchev–Trinajstić information content (AvgIpc) is 2.83. The summed E-state index contributed by atoms with van der Waals surface area (Å²) >= 11 is 0. The fourth-order valence-corrected chi connectivity index (χ4v) is 3.08. The molecule has 1 aliphatic rings. The molecule has 0 unspecified atom stereocenters. The van der Waals surface area contributed by atoms with Crippen LogP contribution in [0.5, 0.6) is 0 Å². The summed E-state index contributed by atoms with van der Waals surface area (Å²) in [5.41, 5.74) is 1.04. The summed E-state index contributed by atoms with van der Waals surface area (Å²) in [6.45, 7) is 0. The highest BCUT2D eigenvalue weighted by Crippen LogP contribution is 2.41. The maximum absolute atomic E-state index is 13.8. The Morgan fingerprint density at radius 3 is 2.12 bits per heavy atom. The Morgan fingerprint density at radius 2 is 1.58 bits per heavy atom. The van der Waals surface area contributed by atoms with Crippen LogP contribution in [0.4, 0.5) is 13.2 Å². The van der Waals surface area contributed by atoms with Crippen molar-refractivity contribution in [2.75, 3.05) is 6.26 Å². The zero-order chi connectivity index (χ0) is 17.5. The van der Waals surface area contributed by atoms with E-state index < -0.39 is 21.6 Å². The number of allylic oxidation sites excluding steroid dienone is 4. The average molecular weight is 351 g/mol. The number of rotatable bonds is 3. The highest BCUT2D eigenvalue weighted by molar-refractivity contribution is 7.90. The second kappa shape index (κ2) is 5.59. The molecule has 0 radical (unpaired) electrons. The number of nitrogens with zero attached hydrogens (tertiary/aromatic N) is 1. The van der Waals surface area contributed by atoms with E-state index in [0.717, 1.165) is 30.7 Å². The molecule has 24 heavy (non-hydrogen) atoms. The molecule has 1 aromatic carbocycles. The van der Waals surface area contributed by atoms with Gasteiger partial charge in [-0.25, -0.2) is 12.8 Å². The molecule has 0 saturated heterocycles. The summed E-state index contributed by atoms with van der Waals surface area (Å²) in [5, 5.41) is 0. The number of sulfone groups is 1. The van der Waals surface area contributed by atoms with Crippen LogP contribution in [-0.4, -0.2) is 25.6 Å². The van der Waals surface area contributed by atoms with Gasteiger partial charge in [0.25, 0.3) is 5.92 Å². The Kier molecular flexibility index (Phi) is 3.83. The zero-order valence-corrected chi connectivity index (χ0v) is 13.3. The number of hydrogen-bond donors (Lipinski definition) is 0. The molecular formula is C17H12F3NO2S. The van der Waals surface area contributed by atoms with Crippen LogP contribution in [0.25, 0.3) is 11.1 Å². The predicted molar refractivity (Wildman–Crippen MR) is 84.6 cm³/mol. The molecule has 0 spiro atoms. The molecule has 124 valence electrons.